The van der Waals surface area contributed by atoms with Gasteiger partial charge in [-0.25, -0.2) is 8.42 Å². The highest BCUT2D eigenvalue weighted by Crippen LogP contribution is 2.25. The summed E-state index contributed by atoms with van der Waals surface area (Å²) in [7, 11) is -3.71. The predicted molar refractivity (Wildman–Crippen MR) is 121 cm³/mol. The van der Waals surface area contributed by atoms with E-state index in [4.69, 9.17) is 0 Å². The molecular weight excluding hydrogens is 477 g/mol. The van der Waals surface area contributed by atoms with Crippen LogP contribution in [0.25, 0.3) is 0 Å². The summed E-state index contributed by atoms with van der Waals surface area (Å²) < 4.78 is 67.7. The zero-order chi connectivity index (χ0) is 24.1. The largest absolute Gasteiger partial charge is 0.573 e. The van der Waals surface area contributed by atoms with Crippen LogP contribution in [0.1, 0.15) is 5.56 Å². The summed E-state index contributed by atoms with van der Waals surface area (Å²) in [6.07, 6.45) is -4.78. The molecule has 0 aliphatic carbocycles. The maximum absolute atomic E-state index is 12.4. The number of thioether (sulfide) groups is 1. The summed E-state index contributed by atoms with van der Waals surface area (Å²) in [6.45, 7) is 1.86. The van der Waals surface area contributed by atoms with Gasteiger partial charge in [0.05, 0.1) is 10.6 Å². The Balaban J connectivity index is 1.51. The van der Waals surface area contributed by atoms with E-state index in [-0.39, 0.29) is 22.3 Å². The van der Waals surface area contributed by atoms with Crippen LogP contribution in [0.15, 0.2) is 82.6 Å². The van der Waals surface area contributed by atoms with Gasteiger partial charge >= 0.3 is 6.36 Å². The highest BCUT2D eigenvalue weighted by Gasteiger charge is 2.30. The Morgan fingerprint density at radius 1 is 0.909 bits per heavy atom. The van der Waals surface area contributed by atoms with Crippen LogP contribution >= 0.6 is 11.8 Å². The van der Waals surface area contributed by atoms with Gasteiger partial charge in [-0.15, -0.1) is 24.9 Å². The lowest BCUT2D eigenvalue weighted by Gasteiger charge is -2.10. The average Bonchev–Trinajstić information content (AvgIpc) is 2.74. The molecule has 0 radical (unpaired) electrons. The van der Waals surface area contributed by atoms with Gasteiger partial charge in [-0.3, -0.25) is 9.52 Å². The Morgan fingerprint density at radius 3 is 2.06 bits per heavy atom. The summed E-state index contributed by atoms with van der Waals surface area (Å²) in [5, 5.41) is 2.58. The number of aryl methyl sites for hydroxylation is 1. The maximum Gasteiger partial charge on any atom is 0.573 e. The first-order chi connectivity index (χ1) is 15.5. The number of amides is 1. The molecule has 0 heterocycles. The second kappa shape index (κ2) is 10.2. The molecule has 3 aromatic rings. The molecule has 0 atom stereocenters. The summed E-state index contributed by atoms with van der Waals surface area (Å²) in [5.41, 5.74) is 1.66. The molecule has 0 saturated carbocycles. The second-order valence-electron chi connectivity index (χ2n) is 6.85. The molecule has 11 heteroatoms. The number of carbonyl (C=O) groups excluding carboxylic acids is 1. The predicted octanol–water partition coefficient (Wildman–Crippen LogP) is 5.43. The lowest BCUT2D eigenvalue weighted by Crippen LogP contribution is -2.17. The minimum absolute atomic E-state index is 0.0508. The van der Waals surface area contributed by atoms with Gasteiger partial charge in [-0.05, 0) is 67.6 Å². The van der Waals surface area contributed by atoms with E-state index >= 15 is 0 Å². The zero-order valence-corrected chi connectivity index (χ0v) is 18.9. The third kappa shape index (κ3) is 7.72. The molecule has 0 unspecified atom stereocenters. The molecule has 0 spiro atoms. The number of rotatable bonds is 8. The van der Waals surface area contributed by atoms with Crippen molar-refractivity contribution >= 4 is 39.1 Å². The summed E-state index contributed by atoms with van der Waals surface area (Å²) >= 11 is 1.22. The van der Waals surface area contributed by atoms with Crippen molar-refractivity contribution in [2.75, 3.05) is 15.8 Å². The van der Waals surface area contributed by atoms with E-state index in [1.54, 1.807) is 36.4 Å². The smallest absolute Gasteiger partial charge is 0.406 e. The van der Waals surface area contributed by atoms with Crippen LogP contribution in [0.5, 0.6) is 5.75 Å². The molecule has 3 rings (SSSR count). The highest BCUT2D eigenvalue weighted by atomic mass is 32.2. The molecule has 0 fully saturated rings. The van der Waals surface area contributed by atoms with Crippen LogP contribution in [0.4, 0.5) is 24.5 Å². The molecule has 0 aromatic heterocycles. The van der Waals surface area contributed by atoms with E-state index < -0.39 is 16.4 Å². The van der Waals surface area contributed by atoms with Crippen LogP contribution in [0, 0.1) is 6.92 Å². The van der Waals surface area contributed by atoms with E-state index in [1.165, 1.54) is 36.0 Å². The maximum atomic E-state index is 12.4. The number of sulfonamides is 1. The van der Waals surface area contributed by atoms with Crippen molar-refractivity contribution in [3.05, 3.63) is 78.4 Å². The fraction of sp³-hybridized carbons (Fsp3) is 0.136. The van der Waals surface area contributed by atoms with Crippen LogP contribution in [-0.4, -0.2) is 26.4 Å². The third-order valence-corrected chi connectivity index (χ3v) is 6.59. The van der Waals surface area contributed by atoms with Crippen LogP contribution in [-0.2, 0) is 14.8 Å². The van der Waals surface area contributed by atoms with E-state index in [9.17, 15) is 26.4 Å². The van der Waals surface area contributed by atoms with E-state index in [2.05, 4.69) is 14.8 Å². The summed E-state index contributed by atoms with van der Waals surface area (Å²) in [5.74, 6) is -0.684. The lowest BCUT2D eigenvalue weighted by molar-refractivity contribution is -0.274. The van der Waals surface area contributed by atoms with E-state index in [1.807, 2.05) is 6.92 Å². The van der Waals surface area contributed by atoms with Crippen molar-refractivity contribution in [3.63, 3.8) is 0 Å². The van der Waals surface area contributed by atoms with E-state index in [0.717, 1.165) is 22.6 Å². The standard InChI is InChI=1S/C22H19F3N2O4S2/c1-15-2-12-20(13-3-15)33(29,30)27-17-6-10-19(11-7-17)32-14-21(28)26-16-4-8-18(9-5-16)31-22(23,24)25/h2-13,27H,14H2,1H3,(H,26,28). The van der Waals surface area contributed by atoms with Gasteiger partial charge in [0, 0.05) is 16.3 Å². The van der Waals surface area contributed by atoms with Gasteiger partial charge in [-0.1, -0.05) is 17.7 Å². The second-order valence-corrected chi connectivity index (χ2v) is 9.58. The summed E-state index contributed by atoms with van der Waals surface area (Å²) in [6, 6.07) is 17.8. The number of nitrogens with one attached hydrogen (secondary N) is 2. The minimum atomic E-state index is -4.78. The van der Waals surface area contributed by atoms with Gasteiger partial charge in [0.25, 0.3) is 10.0 Å². The molecule has 0 aliphatic heterocycles. The monoisotopic (exact) mass is 496 g/mol. The first-order valence-corrected chi connectivity index (χ1v) is 12.0. The molecule has 174 valence electrons. The van der Waals surface area contributed by atoms with Crippen molar-refractivity contribution in [2.24, 2.45) is 0 Å². The number of ether oxygens (including phenoxy) is 1. The summed E-state index contributed by atoms with van der Waals surface area (Å²) in [4.78, 5) is 13.0. The van der Waals surface area contributed by atoms with Gasteiger partial charge < -0.3 is 10.1 Å². The normalized spacial score (nSPS) is 11.6. The Bertz CT molecular complexity index is 1200. The van der Waals surface area contributed by atoms with Gasteiger partial charge in [0.15, 0.2) is 0 Å². The number of hydrogen-bond donors (Lipinski definition) is 2. The molecule has 6 nitrogen and oxygen atoms in total. The number of halogens is 3. The number of benzene rings is 3. The van der Waals surface area contributed by atoms with Crippen LogP contribution < -0.4 is 14.8 Å². The SMILES string of the molecule is Cc1ccc(S(=O)(=O)Nc2ccc(SCC(=O)Nc3ccc(OC(F)(F)F)cc3)cc2)cc1. The quantitative estimate of drug-likeness (QED) is 0.407. The molecule has 0 aliphatic rings. The molecule has 0 bridgehead atoms. The molecule has 3 aromatic carbocycles. The van der Waals surface area contributed by atoms with Crippen molar-refractivity contribution in [3.8, 4) is 5.75 Å². The average molecular weight is 497 g/mol. The molecular formula is C22H19F3N2O4S2. The van der Waals surface area contributed by atoms with Crippen LogP contribution in [0.3, 0.4) is 0 Å². The topological polar surface area (TPSA) is 84.5 Å². The Kier molecular flexibility index (Phi) is 7.54. The Labute approximate surface area is 193 Å². The van der Waals surface area contributed by atoms with Crippen molar-refractivity contribution in [1.29, 1.82) is 0 Å². The minimum Gasteiger partial charge on any atom is -0.406 e. The van der Waals surface area contributed by atoms with Gasteiger partial charge in [0.1, 0.15) is 5.75 Å². The number of hydrogen-bond acceptors (Lipinski definition) is 5. The van der Waals surface area contributed by atoms with Crippen LogP contribution in [0.2, 0.25) is 0 Å². The van der Waals surface area contributed by atoms with Crippen molar-refractivity contribution in [1.82, 2.24) is 0 Å². The number of alkyl halides is 3. The third-order valence-electron chi connectivity index (χ3n) is 4.18. The zero-order valence-electron chi connectivity index (χ0n) is 17.2. The van der Waals surface area contributed by atoms with Crippen molar-refractivity contribution in [2.45, 2.75) is 23.1 Å². The highest BCUT2D eigenvalue weighted by molar-refractivity contribution is 8.00. The van der Waals surface area contributed by atoms with Gasteiger partial charge in [0.2, 0.25) is 5.91 Å². The lowest BCUT2D eigenvalue weighted by atomic mass is 10.2. The van der Waals surface area contributed by atoms with Gasteiger partial charge in [-0.2, -0.15) is 0 Å². The Morgan fingerprint density at radius 2 is 1.48 bits per heavy atom. The molecule has 0 saturated heterocycles. The number of carbonyl (C=O) groups is 1. The Hall–Kier alpha value is -3.18. The van der Waals surface area contributed by atoms with Crippen molar-refractivity contribution < 1.29 is 31.1 Å². The molecule has 33 heavy (non-hydrogen) atoms. The fourth-order valence-electron chi connectivity index (χ4n) is 2.64. The number of anilines is 2. The first kappa shape index (κ1) is 24.5. The molecule has 1 amide bonds. The fourth-order valence-corrected chi connectivity index (χ4v) is 4.39. The first-order valence-electron chi connectivity index (χ1n) is 9.48. The molecule has 2 N–H and O–H groups in total. The van der Waals surface area contributed by atoms with E-state index in [0.29, 0.717) is 11.4 Å².